The van der Waals surface area contributed by atoms with Gasteiger partial charge in [0, 0.05) is 0 Å². The van der Waals surface area contributed by atoms with Gasteiger partial charge in [0.15, 0.2) is 0 Å². The summed E-state index contributed by atoms with van der Waals surface area (Å²) in [7, 11) is 1.62. The monoisotopic (exact) mass is 370 g/mol. The second kappa shape index (κ2) is 6.38. The molecule has 0 atom stereocenters. The number of ether oxygens (including phenoxy) is 1. The average Bonchev–Trinajstić information content (AvgIpc) is 2.84. The van der Waals surface area contributed by atoms with Gasteiger partial charge in [-0.2, -0.15) is 10.1 Å². The summed E-state index contributed by atoms with van der Waals surface area (Å²) in [6.45, 7) is 1.84. The smallest absolute Gasteiger partial charge is 0.280 e. The minimum absolute atomic E-state index is 0.124. The third-order valence-corrected chi connectivity index (χ3v) is 4.17. The van der Waals surface area contributed by atoms with E-state index in [4.69, 9.17) is 4.74 Å². The summed E-state index contributed by atoms with van der Waals surface area (Å²) in [5.41, 5.74) is 2.96. The Labute approximate surface area is 143 Å². The van der Waals surface area contributed by atoms with Crippen molar-refractivity contribution in [3.63, 3.8) is 0 Å². The van der Waals surface area contributed by atoms with Gasteiger partial charge >= 0.3 is 0 Å². The van der Waals surface area contributed by atoms with Crippen LogP contribution in [0.25, 0.3) is 6.08 Å². The number of anilines is 1. The molecule has 0 aliphatic carbocycles. The van der Waals surface area contributed by atoms with Crippen LogP contribution < -0.4 is 9.75 Å². The fraction of sp³-hybridized carbons (Fsp3) is 0.111. The standard InChI is InChI=1S/C18H15BrN2O2/c1-12-15(10-13-8-9-17(23-2)16(19)11-13)18(22)21(20-12)14-6-4-3-5-7-14/h3-11H,1-2H3/b15-10+. The summed E-state index contributed by atoms with van der Waals surface area (Å²) >= 11 is 3.46. The molecule has 1 aliphatic rings. The van der Waals surface area contributed by atoms with Crippen LogP contribution in [0, 0.1) is 0 Å². The van der Waals surface area contributed by atoms with Crippen molar-refractivity contribution in [2.75, 3.05) is 12.1 Å². The molecule has 23 heavy (non-hydrogen) atoms. The number of rotatable bonds is 3. The minimum Gasteiger partial charge on any atom is -0.496 e. The number of carbonyl (C=O) groups excluding carboxylic acids is 1. The third kappa shape index (κ3) is 3.05. The topological polar surface area (TPSA) is 41.9 Å². The molecule has 0 N–H and O–H groups in total. The molecule has 2 aromatic carbocycles. The van der Waals surface area contributed by atoms with Crippen LogP contribution in [0.5, 0.6) is 5.75 Å². The summed E-state index contributed by atoms with van der Waals surface area (Å²) in [6.07, 6.45) is 1.84. The van der Waals surface area contributed by atoms with Crippen LogP contribution >= 0.6 is 15.9 Å². The van der Waals surface area contributed by atoms with Crippen molar-refractivity contribution < 1.29 is 9.53 Å². The van der Waals surface area contributed by atoms with Gasteiger partial charge in [0.2, 0.25) is 0 Å². The number of hydrazone groups is 1. The van der Waals surface area contributed by atoms with Gasteiger partial charge in [0.25, 0.3) is 5.91 Å². The lowest BCUT2D eigenvalue weighted by Crippen LogP contribution is -2.21. The van der Waals surface area contributed by atoms with E-state index >= 15 is 0 Å². The molecule has 0 bridgehead atoms. The summed E-state index contributed by atoms with van der Waals surface area (Å²) in [6, 6.07) is 15.1. The van der Waals surface area contributed by atoms with E-state index in [0.717, 1.165) is 21.5 Å². The molecule has 4 nitrogen and oxygen atoms in total. The molecule has 1 aliphatic heterocycles. The molecule has 0 fully saturated rings. The van der Waals surface area contributed by atoms with Crippen LogP contribution in [-0.2, 0) is 4.79 Å². The Hall–Kier alpha value is -2.40. The van der Waals surface area contributed by atoms with E-state index < -0.39 is 0 Å². The van der Waals surface area contributed by atoms with Crippen molar-refractivity contribution >= 4 is 39.3 Å². The largest absolute Gasteiger partial charge is 0.496 e. The number of nitrogens with zero attached hydrogens (tertiary/aromatic N) is 2. The van der Waals surface area contributed by atoms with E-state index in [-0.39, 0.29) is 5.91 Å². The predicted octanol–water partition coefficient (Wildman–Crippen LogP) is 4.26. The second-order valence-electron chi connectivity index (χ2n) is 5.09. The van der Waals surface area contributed by atoms with E-state index in [1.807, 2.05) is 61.5 Å². The van der Waals surface area contributed by atoms with Crippen molar-refractivity contribution in [1.82, 2.24) is 0 Å². The number of hydrogen-bond donors (Lipinski definition) is 0. The predicted molar refractivity (Wildman–Crippen MR) is 95.7 cm³/mol. The van der Waals surface area contributed by atoms with Crippen molar-refractivity contribution in [1.29, 1.82) is 0 Å². The molecular weight excluding hydrogens is 356 g/mol. The fourth-order valence-electron chi connectivity index (χ4n) is 2.37. The molecule has 1 heterocycles. The average molecular weight is 371 g/mol. The highest BCUT2D eigenvalue weighted by Gasteiger charge is 2.28. The number of benzene rings is 2. The quantitative estimate of drug-likeness (QED) is 0.757. The number of methoxy groups -OCH3 is 1. The molecule has 116 valence electrons. The normalized spacial score (nSPS) is 16.0. The van der Waals surface area contributed by atoms with Crippen LogP contribution in [-0.4, -0.2) is 18.7 Å². The number of para-hydroxylation sites is 1. The lowest BCUT2D eigenvalue weighted by Gasteiger charge is -2.11. The van der Waals surface area contributed by atoms with Crippen LogP contribution in [0.3, 0.4) is 0 Å². The summed E-state index contributed by atoms with van der Waals surface area (Å²) in [5.74, 6) is 0.627. The Kier molecular flexibility index (Phi) is 4.30. The molecule has 1 amide bonds. The van der Waals surface area contributed by atoms with Crippen LogP contribution in [0.1, 0.15) is 12.5 Å². The third-order valence-electron chi connectivity index (χ3n) is 3.55. The van der Waals surface area contributed by atoms with E-state index in [1.54, 1.807) is 7.11 Å². The van der Waals surface area contributed by atoms with Crippen LogP contribution in [0.15, 0.2) is 63.7 Å². The highest BCUT2D eigenvalue weighted by Crippen LogP contribution is 2.28. The summed E-state index contributed by atoms with van der Waals surface area (Å²) in [5, 5.41) is 5.80. The first-order valence-electron chi connectivity index (χ1n) is 7.10. The SMILES string of the molecule is COc1ccc(/C=C2/C(=O)N(c3ccccc3)N=C2C)cc1Br. The zero-order chi connectivity index (χ0) is 16.4. The zero-order valence-electron chi connectivity index (χ0n) is 12.8. The van der Waals surface area contributed by atoms with Crippen LogP contribution in [0.4, 0.5) is 5.69 Å². The first-order valence-corrected chi connectivity index (χ1v) is 7.90. The Morgan fingerprint density at radius 2 is 1.91 bits per heavy atom. The van der Waals surface area contributed by atoms with E-state index in [2.05, 4.69) is 21.0 Å². The number of amides is 1. The molecule has 0 saturated carbocycles. The highest BCUT2D eigenvalue weighted by atomic mass is 79.9. The Morgan fingerprint density at radius 3 is 2.57 bits per heavy atom. The first-order chi connectivity index (χ1) is 11.1. The fourth-order valence-corrected chi connectivity index (χ4v) is 2.93. The molecule has 5 heteroatoms. The zero-order valence-corrected chi connectivity index (χ0v) is 14.4. The maximum Gasteiger partial charge on any atom is 0.280 e. The van der Waals surface area contributed by atoms with Gasteiger partial charge in [-0.3, -0.25) is 4.79 Å². The van der Waals surface area contributed by atoms with Gasteiger partial charge in [0.1, 0.15) is 5.75 Å². The molecule has 0 aromatic heterocycles. The van der Waals surface area contributed by atoms with E-state index in [0.29, 0.717) is 11.3 Å². The van der Waals surface area contributed by atoms with Gasteiger partial charge in [-0.15, -0.1) is 0 Å². The first kappa shape index (κ1) is 15.5. The van der Waals surface area contributed by atoms with Crippen molar-refractivity contribution in [2.24, 2.45) is 5.10 Å². The molecule has 0 radical (unpaired) electrons. The van der Waals surface area contributed by atoms with Gasteiger partial charge < -0.3 is 4.74 Å². The molecule has 2 aromatic rings. The highest BCUT2D eigenvalue weighted by molar-refractivity contribution is 9.10. The molecule has 0 unspecified atom stereocenters. The van der Waals surface area contributed by atoms with Gasteiger partial charge in [0.05, 0.1) is 28.6 Å². The van der Waals surface area contributed by atoms with E-state index in [1.165, 1.54) is 5.01 Å². The molecule has 3 rings (SSSR count). The van der Waals surface area contributed by atoms with Crippen molar-refractivity contribution in [3.05, 3.63) is 64.1 Å². The minimum atomic E-state index is -0.124. The van der Waals surface area contributed by atoms with Gasteiger partial charge in [-0.05, 0) is 58.8 Å². The molecular formula is C18H15BrN2O2. The Morgan fingerprint density at radius 1 is 1.17 bits per heavy atom. The number of hydrogen-bond acceptors (Lipinski definition) is 3. The lowest BCUT2D eigenvalue weighted by molar-refractivity contribution is -0.114. The molecule has 0 saturated heterocycles. The number of halogens is 1. The second-order valence-corrected chi connectivity index (χ2v) is 5.94. The number of carbonyl (C=O) groups is 1. The maximum absolute atomic E-state index is 12.6. The van der Waals surface area contributed by atoms with Gasteiger partial charge in [-0.25, -0.2) is 0 Å². The van der Waals surface area contributed by atoms with Crippen LogP contribution in [0.2, 0.25) is 0 Å². The van der Waals surface area contributed by atoms with Gasteiger partial charge in [-0.1, -0.05) is 24.3 Å². The Bertz CT molecular complexity index is 813. The maximum atomic E-state index is 12.6. The summed E-state index contributed by atoms with van der Waals surface area (Å²) < 4.78 is 6.06. The van der Waals surface area contributed by atoms with Crippen molar-refractivity contribution in [3.8, 4) is 5.75 Å². The molecule has 0 spiro atoms. The lowest BCUT2D eigenvalue weighted by atomic mass is 10.1. The van der Waals surface area contributed by atoms with Crippen molar-refractivity contribution in [2.45, 2.75) is 6.92 Å². The summed E-state index contributed by atoms with van der Waals surface area (Å²) in [4.78, 5) is 12.6. The Balaban J connectivity index is 1.94. The van der Waals surface area contributed by atoms with E-state index in [9.17, 15) is 4.79 Å².